The van der Waals surface area contributed by atoms with E-state index in [2.05, 4.69) is 0 Å². The van der Waals surface area contributed by atoms with Gasteiger partial charge in [0.05, 0.1) is 16.1 Å². The van der Waals surface area contributed by atoms with Gasteiger partial charge in [0, 0.05) is 16.6 Å². The number of nitrogens with two attached hydrogens (primary N) is 1. The minimum atomic E-state index is -0.758. The number of nitro groups is 1. The topological polar surface area (TPSA) is 87.6 Å². The molecule has 20 heavy (non-hydrogen) atoms. The Morgan fingerprint density at radius 3 is 2.20 bits per heavy atom. The highest BCUT2D eigenvalue weighted by Crippen LogP contribution is 2.37. The van der Waals surface area contributed by atoms with Crippen LogP contribution in [0.2, 0.25) is 5.02 Å². The van der Waals surface area contributed by atoms with Crippen molar-refractivity contribution in [2.45, 2.75) is 38.9 Å². The third-order valence-electron chi connectivity index (χ3n) is 3.85. The van der Waals surface area contributed by atoms with Crippen LogP contribution in [-0.2, 0) is 9.31 Å². The first-order valence-corrected chi connectivity index (χ1v) is 6.52. The molecule has 1 saturated heterocycles. The minimum absolute atomic E-state index is 0.0141. The zero-order valence-electron chi connectivity index (χ0n) is 11.8. The van der Waals surface area contributed by atoms with Gasteiger partial charge >= 0.3 is 7.12 Å². The normalized spacial score (nSPS) is 20.1. The van der Waals surface area contributed by atoms with E-state index in [1.54, 1.807) is 0 Å². The van der Waals surface area contributed by atoms with Gasteiger partial charge in [-0.05, 0) is 33.8 Å². The van der Waals surface area contributed by atoms with Crippen LogP contribution in [0.4, 0.5) is 11.4 Å². The molecule has 0 unspecified atom stereocenters. The van der Waals surface area contributed by atoms with Crippen LogP contribution in [0.15, 0.2) is 12.1 Å². The fourth-order valence-electron chi connectivity index (χ4n) is 1.90. The van der Waals surface area contributed by atoms with Gasteiger partial charge in [-0.25, -0.2) is 0 Å². The summed E-state index contributed by atoms with van der Waals surface area (Å²) in [5.41, 5.74) is 4.71. The molecule has 1 aliphatic heterocycles. The van der Waals surface area contributed by atoms with E-state index >= 15 is 0 Å². The van der Waals surface area contributed by atoms with E-state index < -0.39 is 23.2 Å². The van der Waals surface area contributed by atoms with E-state index in [9.17, 15) is 10.1 Å². The summed E-state index contributed by atoms with van der Waals surface area (Å²) in [4.78, 5) is 10.4. The summed E-state index contributed by atoms with van der Waals surface area (Å²) in [7, 11) is -0.758. The molecule has 1 fully saturated rings. The predicted octanol–water partition coefficient (Wildman–Crippen LogP) is 2.13. The molecular weight excluding hydrogens is 282 g/mol. The Kier molecular flexibility index (Phi) is 3.48. The average Bonchev–Trinajstić information content (AvgIpc) is 2.47. The molecule has 0 aromatic heterocycles. The van der Waals surface area contributed by atoms with Crippen LogP contribution in [0.3, 0.4) is 0 Å². The summed E-state index contributed by atoms with van der Waals surface area (Å²) in [5.74, 6) is 0. The van der Waals surface area contributed by atoms with E-state index in [1.807, 2.05) is 27.7 Å². The van der Waals surface area contributed by atoms with Crippen LogP contribution in [0.1, 0.15) is 27.7 Å². The third-order valence-corrected chi connectivity index (χ3v) is 4.18. The smallest absolute Gasteiger partial charge is 0.399 e. The summed E-state index contributed by atoms with van der Waals surface area (Å²) >= 11 is 6.11. The number of rotatable bonds is 2. The molecule has 2 N–H and O–H groups in total. The summed E-state index contributed by atoms with van der Waals surface area (Å²) < 4.78 is 11.7. The van der Waals surface area contributed by atoms with Crippen molar-refractivity contribution in [2.75, 3.05) is 5.73 Å². The molecule has 2 rings (SSSR count). The fourth-order valence-corrected chi connectivity index (χ4v) is 2.16. The third kappa shape index (κ3) is 2.37. The molecule has 0 aliphatic carbocycles. The maximum absolute atomic E-state index is 11.0. The molecule has 0 atom stereocenters. The summed E-state index contributed by atoms with van der Waals surface area (Å²) in [5, 5.41) is 11.2. The summed E-state index contributed by atoms with van der Waals surface area (Å²) in [6, 6.07) is 2.65. The number of nitro benzene ring substituents is 1. The second-order valence-electron chi connectivity index (χ2n) is 5.78. The number of nitrogen functional groups attached to an aromatic ring is 1. The summed E-state index contributed by atoms with van der Waals surface area (Å²) in [6.07, 6.45) is 0. The van der Waals surface area contributed by atoms with Gasteiger partial charge in [0.25, 0.3) is 5.69 Å². The van der Waals surface area contributed by atoms with Crippen LogP contribution in [0.5, 0.6) is 0 Å². The molecular formula is C12H16BClN2O4. The lowest BCUT2D eigenvalue weighted by Gasteiger charge is -2.32. The van der Waals surface area contributed by atoms with Gasteiger partial charge in [0.1, 0.15) is 5.69 Å². The first kappa shape index (κ1) is 15.1. The first-order chi connectivity index (χ1) is 9.05. The lowest BCUT2D eigenvalue weighted by Crippen LogP contribution is -2.41. The van der Waals surface area contributed by atoms with Gasteiger partial charge in [-0.3, -0.25) is 10.1 Å². The van der Waals surface area contributed by atoms with Crippen molar-refractivity contribution in [3.63, 3.8) is 0 Å². The number of halogens is 1. The Morgan fingerprint density at radius 2 is 1.75 bits per heavy atom. The van der Waals surface area contributed by atoms with Gasteiger partial charge in [0.2, 0.25) is 0 Å². The van der Waals surface area contributed by atoms with Crippen molar-refractivity contribution in [1.29, 1.82) is 0 Å². The largest absolute Gasteiger partial charge is 0.496 e. The van der Waals surface area contributed by atoms with Crippen molar-refractivity contribution < 1.29 is 14.2 Å². The first-order valence-electron chi connectivity index (χ1n) is 6.14. The van der Waals surface area contributed by atoms with Gasteiger partial charge < -0.3 is 15.0 Å². The standard InChI is InChI=1S/C12H16BClN2O4/c1-11(2)12(3,4)20-13(19-11)7-5-10(16(17)18)9(15)6-8(7)14/h5-6H,15H2,1-4H3. The maximum Gasteiger partial charge on any atom is 0.496 e. The lowest BCUT2D eigenvalue weighted by molar-refractivity contribution is -0.383. The second kappa shape index (κ2) is 4.61. The van der Waals surface area contributed by atoms with Crippen LogP contribution in [0.25, 0.3) is 0 Å². The van der Waals surface area contributed by atoms with Crippen LogP contribution < -0.4 is 11.2 Å². The molecule has 1 aromatic rings. The zero-order chi connectivity index (χ0) is 15.3. The zero-order valence-corrected chi connectivity index (χ0v) is 12.5. The van der Waals surface area contributed by atoms with Crippen molar-refractivity contribution in [2.24, 2.45) is 0 Å². The minimum Gasteiger partial charge on any atom is -0.399 e. The van der Waals surface area contributed by atoms with Crippen molar-refractivity contribution in [3.8, 4) is 0 Å². The van der Waals surface area contributed by atoms with E-state index in [0.717, 1.165) is 0 Å². The highest BCUT2D eigenvalue weighted by Gasteiger charge is 2.52. The van der Waals surface area contributed by atoms with Gasteiger partial charge in [-0.15, -0.1) is 0 Å². The number of anilines is 1. The average molecular weight is 299 g/mol. The van der Waals surface area contributed by atoms with Crippen LogP contribution in [-0.4, -0.2) is 23.2 Å². The SMILES string of the molecule is CC1(C)OB(c2cc([N+](=O)[O-])c(N)cc2Cl)OC1(C)C. The quantitative estimate of drug-likeness (QED) is 0.391. The Labute approximate surface area is 122 Å². The van der Waals surface area contributed by atoms with Gasteiger partial charge in [-0.2, -0.15) is 0 Å². The molecule has 0 bridgehead atoms. The molecule has 108 valence electrons. The van der Waals surface area contributed by atoms with E-state index in [-0.39, 0.29) is 16.4 Å². The number of benzene rings is 1. The van der Waals surface area contributed by atoms with E-state index in [0.29, 0.717) is 5.46 Å². The van der Waals surface area contributed by atoms with Crippen molar-refractivity contribution in [1.82, 2.24) is 0 Å². The molecule has 1 aromatic carbocycles. The number of hydrogen-bond donors (Lipinski definition) is 1. The summed E-state index contributed by atoms with van der Waals surface area (Å²) in [6.45, 7) is 7.58. The Morgan fingerprint density at radius 1 is 1.25 bits per heavy atom. The number of hydrogen-bond acceptors (Lipinski definition) is 5. The van der Waals surface area contributed by atoms with Gasteiger partial charge in [-0.1, -0.05) is 11.6 Å². The lowest BCUT2D eigenvalue weighted by atomic mass is 9.78. The van der Waals surface area contributed by atoms with Crippen molar-refractivity contribution in [3.05, 3.63) is 27.3 Å². The van der Waals surface area contributed by atoms with E-state index in [4.69, 9.17) is 26.6 Å². The molecule has 6 nitrogen and oxygen atoms in total. The highest BCUT2D eigenvalue weighted by molar-refractivity contribution is 6.65. The number of nitrogens with zero attached hydrogens (tertiary/aromatic N) is 1. The molecule has 1 aliphatic rings. The Hall–Kier alpha value is -1.31. The van der Waals surface area contributed by atoms with Crippen molar-refractivity contribution >= 4 is 35.6 Å². The van der Waals surface area contributed by atoms with Crippen LogP contribution in [0, 0.1) is 10.1 Å². The monoisotopic (exact) mass is 298 g/mol. The Balaban J connectivity index is 2.45. The van der Waals surface area contributed by atoms with E-state index in [1.165, 1.54) is 12.1 Å². The highest BCUT2D eigenvalue weighted by atomic mass is 35.5. The Bertz CT molecular complexity index is 561. The predicted molar refractivity (Wildman–Crippen MR) is 78.2 cm³/mol. The molecule has 1 heterocycles. The molecule has 0 saturated carbocycles. The second-order valence-corrected chi connectivity index (χ2v) is 6.19. The molecule has 8 heteroatoms. The molecule has 0 radical (unpaired) electrons. The maximum atomic E-state index is 11.0. The molecule has 0 amide bonds. The van der Waals surface area contributed by atoms with Crippen LogP contribution >= 0.6 is 11.6 Å². The van der Waals surface area contributed by atoms with Gasteiger partial charge in [0.15, 0.2) is 0 Å². The molecule has 0 spiro atoms. The fraction of sp³-hybridized carbons (Fsp3) is 0.500.